The van der Waals surface area contributed by atoms with E-state index in [-0.39, 0.29) is 11.4 Å². The van der Waals surface area contributed by atoms with Gasteiger partial charge in [-0.15, -0.1) is 0 Å². The maximum atomic E-state index is 12.7. The molecule has 0 atom stereocenters. The van der Waals surface area contributed by atoms with Crippen molar-refractivity contribution in [1.82, 2.24) is 9.55 Å². The van der Waals surface area contributed by atoms with Gasteiger partial charge in [0.15, 0.2) is 0 Å². The summed E-state index contributed by atoms with van der Waals surface area (Å²) in [4.78, 5) is 25.6. The van der Waals surface area contributed by atoms with Crippen LogP contribution < -0.4 is 5.32 Å². The molecule has 0 aromatic carbocycles. The summed E-state index contributed by atoms with van der Waals surface area (Å²) in [5.41, 5.74) is 0.306. The van der Waals surface area contributed by atoms with E-state index in [9.17, 15) is 19.3 Å². The van der Waals surface area contributed by atoms with Gasteiger partial charge in [-0.3, -0.25) is 14.9 Å². The highest BCUT2D eigenvalue weighted by atomic mass is 19.1. The summed E-state index contributed by atoms with van der Waals surface area (Å²) >= 11 is 0. The first-order chi connectivity index (χ1) is 9.51. The van der Waals surface area contributed by atoms with Crippen LogP contribution in [-0.2, 0) is 6.54 Å². The Labute approximate surface area is 113 Å². The third kappa shape index (κ3) is 2.79. The molecule has 2 aromatic rings. The molecule has 0 saturated heterocycles. The van der Waals surface area contributed by atoms with Crippen LogP contribution in [0.1, 0.15) is 17.4 Å². The zero-order valence-electron chi connectivity index (χ0n) is 10.5. The molecule has 2 rings (SSSR count). The van der Waals surface area contributed by atoms with Crippen molar-refractivity contribution in [2.75, 3.05) is 5.32 Å². The molecular weight excluding hydrogens is 267 g/mol. The summed E-state index contributed by atoms with van der Waals surface area (Å²) in [5, 5.41) is 13.2. The fourth-order valence-corrected chi connectivity index (χ4v) is 1.69. The lowest BCUT2D eigenvalue weighted by molar-refractivity contribution is -0.384. The topological polar surface area (TPSA) is 90.1 Å². The Morgan fingerprint density at radius 2 is 2.30 bits per heavy atom. The normalized spacial score (nSPS) is 10.3. The van der Waals surface area contributed by atoms with Gasteiger partial charge in [0.2, 0.25) is 5.95 Å². The van der Waals surface area contributed by atoms with Gasteiger partial charge in [0, 0.05) is 12.6 Å². The van der Waals surface area contributed by atoms with E-state index in [4.69, 9.17) is 0 Å². The second kappa shape index (κ2) is 5.47. The third-order valence-corrected chi connectivity index (χ3v) is 2.65. The van der Waals surface area contributed by atoms with Gasteiger partial charge in [0.25, 0.3) is 11.6 Å². The molecule has 0 aliphatic heterocycles. The van der Waals surface area contributed by atoms with Crippen LogP contribution >= 0.6 is 0 Å². The Morgan fingerprint density at radius 3 is 2.85 bits per heavy atom. The molecule has 0 spiro atoms. The van der Waals surface area contributed by atoms with E-state index in [1.54, 1.807) is 6.92 Å². The third-order valence-electron chi connectivity index (χ3n) is 2.65. The van der Waals surface area contributed by atoms with Crippen LogP contribution in [0.5, 0.6) is 0 Å². The van der Waals surface area contributed by atoms with Gasteiger partial charge < -0.3 is 9.88 Å². The Bertz CT molecular complexity index is 651. The molecule has 0 bridgehead atoms. The van der Waals surface area contributed by atoms with Crippen molar-refractivity contribution in [1.29, 1.82) is 0 Å². The molecule has 0 radical (unpaired) electrons. The Morgan fingerprint density at radius 1 is 1.55 bits per heavy atom. The van der Waals surface area contributed by atoms with E-state index in [2.05, 4.69) is 10.3 Å². The SMILES string of the molecule is CCn1cc([N+](=O)[O-])cc1C(=O)Nc1ccc(F)nc1. The van der Waals surface area contributed by atoms with Crippen LogP contribution in [0.3, 0.4) is 0 Å². The van der Waals surface area contributed by atoms with Gasteiger partial charge in [0.1, 0.15) is 5.69 Å². The van der Waals surface area contributed by atoms with Crippen molar-refractivity contribution < 1.29 is 14.1 Å². The van der Waals surface area contributed by atoms with E-state index < -0.39 is 16.8 Å². The minimum absolute atomic E-state index is 0.156. The van der Waals surface area contributed by atoms with Gasteiger partial charge >= 0.3 is 0 Å². The lowest BCUT2D eigenvalue weighted by Gasteiger charge is -2.06. The predicted octanol–water partition coefficient (Wildman–Crippen LogP) is 2.20. The molecule has 0 saturated carbocycles. The lowest BCUT2D eigenvalue weighted by Crippen LogP contribution is -2.16. The number of hydrogen-bond donors (Lipinski definition) is 1. The Kier molecular flexibility index (Phi) is 3.74. The number of carbonyl (C=O) groups excluding carboxylic acids is 1. The number of nitrogens with zero attached hydrogens (tertiary/aromatic N) is 3. The summed E-state index contributed by atoms with van der Waals surface area (Å²) in [5.74, 6) is -1.18. The van der Waals surface area contributed by atoms with Crippen molar-refractivity contribution in [3.8, 4) is 0 Å². The molecule has 1 N–H and O–H groups in total. The van der Waals surface area contributed by atoms with Crippen LogP contribution in [0.15, 0.2) is 30.6 Å². The number of halogens is 1. The predicted molar refractivity (Wildman–Crippen MR) is 68.9 cm³/mol. The first-order valence-corrected chi connectivity index (χ1v) is 5.78. The summed E-state index contributed by atoms with van der Waals surface area (Å²) in [6.45, 7) is 2.18. The van der Waals surface area contributed by atoms with Crippen molar-refractivity contribution in [3.63, 3.8) is 0 Å². The second-order valence-corrected chi connectivity index (χ2v) is 3.95. The number of nitrogens with one attached hydrogen (secondary N) is 1. The highest BCUT2D eigenvalue weighted by Crippen LogP contribution is 2.18. The molecule has 0 unspecified atom stereocenters. The van der Waals surface area contributed by atoms with E-state index in [1.807, 2.05) is 0 Å². The average molecular weight is 278 g/mol. The quantitative estimate of drug-likeness (QED) is 0.527. The number of aryl methyl sites for hydroxylation is 1. The van der Waals surface area contributed by atoms with Gasteiger partial charge in [-0.2, -0.15) is 4.39 Å². The number of aromatic nitrogens is 2. The van der Waals surface area contributed by atoms with E-state index >= 15 is 0 Å². The molecule has 8 heteroatoms. The van der Waals surface area contributed by atoms with E-state index in [1.165, 1.54) is 29.1 Å². The molecule has 7 nitrogen and oxygen atoms in total. The second-order valence-electron chi connectivity index (χ2n) is 3.95. The van der Waals surface area contributed by atoms with Crippen LogP contribution in [0, 0.1) is 16.1 Å². The first kappa shape index (κ1) is 13.7. The number of rotatable bonds is 4. The molecule has 2 aromatic heterocycles. The van der Waals surface area contributed by atoms with Crippen LogP contribution in [0.2, 0.25) is 0 Å². The average Bonchev–Trinajstić information content (AvgIpc) is 2.86. The summed E-state index contributed by atoms with van der Waals surface area (Å²) < 4.78 is 14.1. The number of hydrogen-bond acceptors (Lipinski definition) is 4. The largest absolute Gasteiger partial charge is 0.337 e. The minimum atomic E-state index is -0.657. The van der Waals surface area contributed by atoms with E-state index in [0.717, 1.165) is 6.07 Å². The van der Waals surface area contributed by atoms with Crippen LogP contribution in [0.4, 0.5) is 15.8 Å². The van der Waals surface area contributed by atoms with Gasteiger partial charge in [-0.25, -0.2) is 4.98 Å². The van der Waals surface area contributed by atoms with Gasteiger partial charge in [-0.05, 0) is 19.1 Å². The van der Waals surface area contributed by atoms with Crippen LogP contribution in [-0.4, -0.2) is 20.4 Å². The maximum absolute atomic E-state index is 12.7. The maximum Gasteiger partial charge on any atom is 0.287 e. The molecule has 0 fully saturated rings. The number of amides is 1. The van der Waals surface area contributed by atoms with Crippen molar-refractivity contribution >= 4 is 17.3 Å². The fraction of sp³-hybridized carbons (Fsp3) is 0.167. The first-order valence-electron chi connectivity index (χ1n) is 5.78. The van der Waals surface area contributed by atoms with Crippen LogP contribution in [0.25, 0.3) is 0 Å². The number of carbonyl (C=O) groups is 1. The van der Waals surface area contributed by atoms with E-state index in [0.29, 0.717) is 12.2 Å². The molecule has 2 heterocycles. The minimum Gasteiger partial charge on any atom is -0.337 e. The van der Waals surface area contributed by atoms with Gasteiger partial charge in [-0.1, -0.05) is 0 Å². The zero-order chi connectivity index (χ0) is 14.7. The fourth-order valence-electron chi connectivity index (χ4n) is 1.69. The standard InChI is InChI=1S/C12H11FN4O3/c1-2-16-7-9(17(19)20)5-10(16)12(18)15-8-3-4-11(13)14-6-8/h3-7H,2H2,1H3,(H,15,18). The molecule has 104 valence electrons. The highest BCUT2D eigenvalue weighted by molar-refractivity contribution is 6.03. The molecule has 0 aliphatic carbocycles. The molecule has 1 amide bonds. The van der Waals surface area contributed by atoms with Crippen molar-refractivity contribution in [2.24, 2.45) is 0 Å². The number of nitro groups is 1. The van der Waals surface area contributed by atoms with Crippen molar-refractivity contribution in [3.05, 3.63) is 52.3 Å². The highest BCUT2D eigenvalue weighted by Gasteiger charge is 2.18. The lowest BCUT2D eigenvalue weighted by atomic mass is 10.3. The van der Waals surface area contributed by atoms with Gasteiger partial charge in [0.05, 0.1) is 23.0 Å². The zero-order valence-corrected chi connectivity index (χ0v) is 10.5. The Balaban J connectivity index is 2.24. The molecule has 0 aliphatic rings. The van der Waals surface area contributed by atoms with Crippen molar-refractivity contribution in [2.45, 2.75) is 13.5 Å². The summed E-state index contributed by atoms with van der Waals surface area (Å²) in [7, 11) is 0. The monoisotopic (exact) mass is 278 g/mol. The smallest absolute Gasteiger partial charge is 0.287 e. The number of anilines is 1. The molecule has 20 heavy (non-hydrogen) atoms. The number of pyridine rings is 1. The molecular formula is C12H11FN4O3. The summed E-state index contributed by atoms with van der Waals surface area (Å²) in [6.07, 6.45) is 2.46. The summed E-state index contributed by atoms with van der Waals surface area (Å²) in [6, 6.07) is 3.65. The Hall–Kier alpha value is -2.77.